The first-order valence-electron chi connectivity index (χ1n) is 20.7. The molecule has 0 radical (unpaired) electrons. The summed E-state index contributed by atoms with van der Waals surface area (Å²) in [5.41, 5.74) is 1.08. The van der Waals surface area contributed by atoms with E-state index in [1.807, 2.05) is 103 Å². The Bertz CT molecular complexity index is 1420. The molecule has 3 amide bonds. The van der Waals surface area contributed by atoms with Gasteiger partial charge in [-0.3, -0.25) is 24.1 Å². The number of hydrogen-bond acceptors (Lipinski definition) is 8. The number of hydrogen-bond donors (Lipinski definition) is 2. The Morgan fingerprint density at radius 2 is 1.52 bits per heavy atom. The van der Waals surface area contributed by atoms with Crippen LogP contribution in [0, 0.1) is 29.1 Å². The number of nitrogens with zero attached hydrogens (tertiary/aromatic N) is 3. The second-order valence-electron chi connectivity index (χ2n) is 18.0. The summed E-state index contributed by atoms with van der Waals surface area (Å²) in [6, 6.07) is 7.85. The van der Waals surface area contributed by atoms with E-state index in [-0.39, 0.29) is 71.8 Å². The van der Waals surface area contributed by atoms with E-state index in [9.17, 15) is 19.2 Å². The highest BCUT2D eigenvalue weighted by Gasteiger charge is 2.43. The van der Waals surface area contributed by atoms with Gasteiger partial charge in [-0.2, -0.15) is 0 Å². The third-order valence-corrected chi connectivity index (χ3v) is 11.8. The monoisotopic (exact) mass is 784 g/mol. The summed E-state index contributed by atoms with van der Waals surface area (Å²) in [5, 5.41) is 6.36. The minimum absolute atomic E-state index is 0.0417. The summed E-state index contributed by atoms with van der Waals surface area (Å²) in [6.45, 7) is 25.0. The molecule has 2 N–H and O–H groups in total. The zero-order valence-electron chi connectivity index (χ0n) is 37.5. The number of amides is 3. The predicted molar refractivity (Wildman–Crippen MR) is 226 cm³/mol. The number of ketones is 1. The first-order valence-corrected chi connectivity index (χ1v) is 20.7. The van der Waals surface area contributed by atoms with Crippen molar-refractivity contribution in [1.29, 1.82) is 0 Å². The Morgan fingerprint density at radius 1 is 0.911 bits per heavy atom. The molecule has 1 aliphatic rings. The van der Waals surface area contributed by atoms with Crippen LogP contribution in [0.3, 0.4) is 0 Å². The van der Waals surface area contributed by atoms with Gasteiger partial charge in [0.25, 0.3) is 0 Å². The summed E-state index contributed by atoms with van der Waals surface area (Å²) in [4.78, 5) is 61.3. The molecule has 2 rings (SSSR count). The van der Waals surface area contributed by atoms with Gasteiger partial charge in [-0.1, -0.05) is 113 Å². The summed E-state index contributed by atoms with van der Waals surface area (Å²) in [5.74, 6) is -0.732. The number of benzene rings is 1. The molecule has 0 bridgehead atoms. The van der Waals surface area contributed by atoms with Crippen LogP contribution in [0.4, 0.5) is 0 Å². The van der Waals surface area contributed by atoms with Crippen molar-refractivity contribution in [3.8, 4) is 0 Å². The number of likely N-dealkylation sites (tertiary alicyclic amines) is 1. The molecule has 0 aromatic heterocycles. The van der Waals surface area contributed by atoms with Crippen LogP contribution in [0.25, 0.3) is 0 Å². The van der Waals surface area contributed by atoms with Crippen molar-refractivity contribution >= 4 is 23.5 Å². The summed E-state index contributed by atoms with van der Waals surface area (Å²) >= 11 is 0. The van der Waals surface area contributed by atoms with Gasteiger partial charge in [0.15, 0.2) is 5.78 Å². The molecule has 1 saturated heterocycles. The molecular weight excluding hydrogens is 707 g/mol. The van der Waals surface area contributed by atoms with Gasteiger partial charge >= 0.3 is 0 Å². The van der Waals surface area contributed by atoms with Crippen molar-refractivity contribution in [2.75, 3.05) is 41.9 Å². The van der Waals surface area contributed by atoms with Crippen LogP contribution in [0.15, 0.2) is 42.6 Å². The fourth-order valence-electron chi connectivity index (χ4n) is 8.46. The third-order valence-electron chi connectivity index (χ3n) is 11.8. The Kier molecular flexibility index (Phi) is 19.2. The summed E-state index contributed by atoms with van der Waals surface area (Å²) < 4.78 is 12.2. The Morgan fingerprint density at radius 3 is 2.00 bits per heavy atom. The van der Waals surface area contributed by atoms with E-state index in [0.29, 0.717) is 19.4 Å². The second kappa shape index (κ2) is 22.0. The molecule has 11 heteroatoms. The molecule has 2 unspecified atom stereocenters. The lowest BCUT2D eigenvalue weighted by atomic mass is 9.83. The zero-order valence-corrected chi connectivity index (χ0v) is 37.5. The van der Waals surface area contributed by atoms with Gasteiger partial charge in [0.05, 0.1) is 54.8 Å². The first kappa shape index (κ1) is 48.9. The van der Waals surface area contributed by atoms with Gasteiger partial charge in [0.1, 0.15) is 0 Å². The average Bonchev–Trinajstić information content (AvgIpc) is 3.62. The molecular formula is C45H77N5O6. The first-order chi connectivity index (χ1) is 26.1. The Hall–Kier alpha value is -3.28. The molecule has 1 aliphatic heterocycles. The number of Topliss-reactive ketones (excluding diaryl/α,β-unsaturated/α-hetero) is 1. The van der Waals surface area contributed by atoms with Gasteiger partial charge in [0, 0.05) is 38.9 Å². The minimum atomic E-state index is -0.703. The zero-order chi connectivity index (χ0) is 42.7. The fraction of sp³-hybridized carbons (Fsp3) is 0.733. The van der Waals surface area contributed by atoms with E-state index in [4.69, 9.17) is 9.47 Å². The van der Waals surface area contributed by atoms with Crippen LogP contribution >= 0.6 is 0 Å². The van der Waals surface area contributed by atoms with Gasteiger partial charge in [0.2, 0.25) is 17.7 Å². The van der Waals surface area contributed by atoms with Crippen LogP contribution in [0.5, 0.6) is 0 Å². The normalized spacial score (nSPS) is 19.2. The summed E-state index contributed by atoms with van der Waals surface area (Å²) in [6.07, 6.45) is 1.79. The van der Waals surface area contributed by atoms with Crippen molar-refractivity contribution in [1.82, 2.24) is 25.3 Å². The molecule has 1 aromatic rings. The standard InChI is InChI=1S/C45H77N5O6/c1-17-30(6)40(49(14)32(8)38(28(2)3)47-44(54)39(29(4)5)48(12)13)36(55-15)27-37(51)50-25-21-24-35(50)41(56-16)31(7)43(53)46-34(42(52)45(9,10)11)26-33-22-19-18-20-23-33/h18-20,22-23,28-31,34-36,38-41H,8,17,21,24-27H2,1-7,9-16H3,(H,46,53)(H,47,54)/t30-,31+,34-,35-,36+,38-,39?,40?,41+/m0/s1. The number of nitrogens with one attached hydrogen (secondary N) is 2. The number of carbonyl (C=O) groups excluding carboxylic acids is 4. The van der Waals surface area contributed by atoms with E-state index in [0.717, 1.165) is 24.1 Å². The van der Waals surface area contributed by atoms with Gasteiger partial charge in [-0.25, -0.2) is 0 Å². The quantitative estimate of drug-likeness (QED) is 0.148. The van der Waals surface area contributed by atoms with Crippen LogP contribution in [-0.2, 0) is 35.1 Å². The van der Waals surface area contributed by atoms with E-state index >= 15 is 0 Å². The van der Waals surface area contributed by atoms with Gasteiger partial charge in [-0.15, -0.1) is 0 Å². The van der Waals surface area contributed by atoms with Crippen molar-refractivity contribution in [2.24, 2.45) is 29.1 Å². The molecule has 56 heavy (non-hydrogen) atoms. The van der Waals surface area contributed by atoms with Crippen molar-refractivity contribution in [3.05, 3.63) is 48.2 Å². The molecule has 1 heterocycles. The maximum absolute atomic E-state index is 14.4. The second-order valence-corrected chi connectivity index (χ2v) is 18.0. The number of rotatable bonds is 22. The lowest BCUT2D eigenvalue weighted by Gasteiger charge is -2.43. The lowest BCUT2D eigenvalue weighted by Crippen LogP contribution is -2.56. The predicted octanol–water partition coefficient (Wildman–Crippen LogP) is 5.96. The molecule has 11 nitrogen and oxygen atoms in total. The highest BCUT2D eigenvalue weighted by Crippen LogP contribution is 2.31. The SMILES string of the molecule is C=C([C@@H](NC(=O)C(C(C)C)N(C)C)C(C)C)N(C)C([C@@H](C)CC)[C@@H](CC(=O)N1CCC[C@H]1[C@H](OC)[C@@H](C)C(=O)N[C@@H](Cc1ccccc1)C(=O)C(C)(C)C)OC. The molecule has 0 saturated carbocycles. The highest BCUT2D eigenvalue weighted by molar-refractivity contribution is 5.93. The smallest absolute Gasteiger partial charge is 0.238 e. The van der Waals surface area contributed by atoms with E-state index in [1.54, 1.807) is 14.2 Å². The lowest BCUT2D eigenvalue weighted by molar-refractivity contribution is -0.143. The van der Waals surface area contributed by atoms with Gasteiger partial charge < -0.3 is 29.9 Å². The van der Waals surface area contributed by atoms with Crippen LogP contribution in [0.1, 0.15) is 100 Å². The van der Waals surface area contributed by atoms with Crippen molar-refractivity contribution in [3.63, 3.8) is 0 Å². The maximum Gasteiger partial charge on any atom is 0.238 e. The molecule has 0 aliphatic carbocycles. The van der Waals surface area contributed by atoms with Crippen LogP contribution in [-0.4, -0.2) is 123 Å². The Balaban J connectivity index is 2.32. The summed E-state index contributed by atoms with van der Waals surface area (Å²) in [7, 11) is 9.05. The van der Waals surface area contributed by atoms with E-state index in [1.165, 1.54) is 0 Å². The maximum atomic E-state index is 14.4. The fourth-order valence-corrected chi connectivity index (χ4v) is 8.46. The number of ether oxygens (including phenoxy) is 2. The third kappa shape index (κ3) is 12.9. The number of methoxy groups -OCH3 is 2. The van der Waals surface area contributed by atoms with E-state index < -0.39 is 29.6 Å². The largest absolute Gasteiger partial charge is 0.379 e. The molecule has 0 spiro atoms. The van der Waals surface area contributed by atoms with Gasteiger partial charge in [-0.05, 0) is 56.7 Å². The Labute approximate surface area is 339 Å². The van der Waals surface area contributed by atoms with Crippen LogP contribution < -0.4 is 10.6 Å². The molecule has 318 valence electrons. The number of carbonyl (C=O) groups is 4. The number of likely N-dealkylation sites (N-methyl/N-ethyl adjacent to an activating group) is 2. The van der Waals surface area contributed by atoms with Crippen molar-refractivity contribution < 1.29 is 28.7 Å². The van der Waals surface area contributed by atoms with Crippen molar-refractivity contribution in [2.45, 2.75) is 144 Å². The molecule has 1 aromatic carbocycles. The average molecular weight is 784 g/mol. The molecule has 1 fully saturated rings. The van der Waals surface area contributed by atoms with E-state index in [2.05, 4.69) is 49.8 Å². The molecule has 9 atom stereocenters. The van der Waals surface area contributed by atoms with Crippen LogP contribution in [0.2, 0.25) is 0 Å². The topological polar surface area (TPSA) is 121 Å². The minimum Gasteiger partial charge on any atom is -0.379 e. The highest BCUT2D eigenvalue weighted by atomic mass is 16.5.